The number of carboxylic acid groups (broad SMARTS) is 1. The first-order chi connectivity index (χ1) is 8.69. The predicted molar refractivity (Wildman–Crippen MR) is 72.4 cm³/mol. The van der Waals surface area contributed by atoms with Crippen molar-refractivity contribution in [1.29, 1.82) is 0 Å². The lowest BCUT2D eigenvalue weighted by Crippen LogP contribution is -2.10. The average molecular weight is 241 g/mol. The Hall–Kier alpha value is -2.29. The average Bonchev–Trinajstić information content (AvgIpc) is 2.37. The van der Waals surface area contributed by atoms with E-state index in [1.807, 2.05) is 18.2 Å². The molecule has 0 radical (unpaired) electrons. The monoisotopic (exact) mass is 241 g/mol. The Morgan fingerprint density at radius 3 is 2.61 bits per heavy atom. The highest BCUT2D eigenvalue weighted by molar-refractivity contribution is 5.83. The summed E-state index contributed by atoms with van der Waals surface area (Å²) in [5.41, 5.74) is 1.79. The van der Waals surface area contributed by atoms with Crippen LogP contribution < -0.4 is 5.32 Å². The van der Waals surface area contributed by atoms with Crippen LogP contribution in [0.5, 0.6) is 0 Å². The molecule has 0 amide bonds. The van der Waals surface area contributed by atoms with E-state index in [2.05, 4.69) is 29.6 Å². The minimum atomic E-state index is -0.930. The maximum Gasteiger partial charge on any atom is 0.330 e. The molecule has 0 aliphatic heterocycles. The fourth-order valence-corrected chi connectivity index (χ4v) is 1.93. The Morgan fingerprint density at radius 1 is 1.22 bits per heavy atom. The van der Waals surface area contributed by atoms with Crippen LogP contribution >= 0.6 is 0 Å². The second-order valence-corrected chi connectivity index (χ2v) is 4.12. The molecule has 0 aliphatic carbocycles. The van der Waals surface area contributed by atoms with Gasteiger partial charge in [0, 0.05) is 25.2 Å². The number of allylic oxidation sites excluding steroid dienone is 1. The van der Waals surface area contributed by atoms with Gasteiger partial charge in [-0.25, -0.2) is 4.79 Å². The number of likely N-dealkylation sites (N-methyl/N-ethyl adjacent to an activating group) is 1. The predicted octanol–water partition coefficient (Wildman–Crippen LogP) is 2.57. The van der Waals surface area contributed by atoms with Crippen molar-refractivity contribution in [3.05, 3.63) is 59.8 Å². The van der Waals surface area contributed by atoms with E-state index in [9.17, 15) is 4.79 Å². The first-order valence-electron chi connectivity index (χ1n) is 5.78. The molecule has 0 aliphatic rings. The van der Waals surface area contributed by atoms with Crippen LogP contribution in [0.25, 0.3) is 10.8 Å². The fraction of sp³-hybridized carbons (Fsp3) is 0.133. The molecule has 0 bridgehead atoms. The van der Waals surface area contributed by atoms with Crippen molar-refractivity contribution in [2.45, 2.75) is 6.42 Å². The summed E-state index contributed by atoms with van der Waals surface area (Å²) in [6, 6.07) is 14.3. The summed E-state index contributed by atoms with van der Waals surface area (Å²) in [7, 11) is 1.73. The van der Waals surface area contributed by atoms with Gasteiger partial charge in [-0.05, 0) is 16.3 Å². The third kappa shape index (κ3) is 2.88. The molecule has 2 aromatic rings. The Labute approximate surface area is 106 Å². The number of rotatable bonds is 4. The van der Waals surface area contributed by atoms with Crippen molar-refractivity contribution >= 4 is 16.7 Å². The minimum absolute atomic E-state index is 0.591. The van der Waals surface area contributed by atoms with Gasteiger partial charge >= 0.3 is 5.97 Å². The van der Waals surface area contributed by atoms with Gasteiger partial charge in [0.25, 0.3) is 0 Å². The normalized spacial score (nSPS) is 11.5. The van der Waals surface area contributed by atoms with Crippen LogP contribution in [0.3, 0.4) is 0 Å². The fourth-order valence-electron chi connectivity index (χ4n) is 1.93. The van der Waals surface area contributed by atoms with Gasteiger partial charge in [-0.15, -0.1) is 0 Å². The standard InChI is InChI=1S/C15H15NO2/c1-16-14(10-15(17)18)9-11-6-7-12-4-2-3-5-13(12)8-11/h2-8,10,16H,9H2,1H3,(H,17,18). The Morgan fingerprint density at radius 2 is 1.94 bits per heavy atom. The van der Waals surface area contributed by atoms with Crippen molar-refractivity contribution < 1.29 is 9.90 Å². The van der Waals surface area contributed by atoms with E-state index in [-0.39, 0.29) is 0 Å². The molecule has 0 saturated carbocycles. The zero-order chi connectivity index (χ0) is 13.0. The van der Waals surface area contributed by atoms with Crippen LogP contribution in [0.4, 0.5) is 0 Å². The Balaban J connectivity index is 2.28. The van der Waals surface area contributed by atoms with Crippen molar-refractivity contribution in [1.82, 2.24) is 5.32 Å². The quantitative estimate of drug-likeness (QED) is 0.809. The molecular formula is C15H15NO2. The van der Waals surface area contributed by atoms with Gasteiger partial charge in [0.05, 0.1) is 0 Å². The Kier molecular flexibility index (Phi) is 3.63. The van der Waals surface area contributed by atoms with E-state index < -0.39 is 5.97 Å². The molecule has 0 saturated heterocycles. The summed E-state index contributed by atoms with van der Waals surface area (Å²) in [5, 5.41) is 14.0. The van der Waals surface area contributed by atoms with E-state index in [1.165, 1.54) is 16.8 Å². The number of hydrogen-bond acceptors (Lipinski definition) is 2. The van der Waals surface area contributed by atoms with E-state index in [1.54, 1.807) is 7.05 Å². The summed E-state index contributed by atoms with van der Waals surface area (Å²) in [5.74, 6) is -0.930. The van der Waals surface area contributed by atoms with Crippen LogP contribution in [-0.2, 0) is 11.2 Å². The van der Waals surface area contributed by atoms with Crippen molar-refractivity contribution in [2.24, 2.45) is 0 Å². The lowest BCUT2D eigenvalue weighted by molar-refractivity contribution is -0.131. The maximum absolute atomic E-state index is 10.7. The van der Waals surface area contributed by atoms with E-state index in [4.69, 9.17) is 5.11 Å². The molecule has 3 nitrogen and oxygen atoms in total. The van der Waals surface area contributed by atoms with Crippen LogP contribution in [-0.4, -0.2) is 18.1 Å². The Bertz CT molecular complexity index is 602. The SMILES string of the molecule is CNC(=CC(=O)O)Cc1ccc2ccccc2c1. The molecule has 2 N–H and O–H groups in total. The van der Waals surface area contributed by atoms with Crippen molar-refractivity contribution in [3.8, 4) is 0 Å². The van der Waals surface area contributed by atoms with Crippen molar-refractivity contribution in [3.63, 3.8) is 0 Å². The van der Waals surface area contributed by atoms with Gasteiger partial charge in [0.15, 0.2) is 0 Å². The number of carbonyl (C=O) groups is 1. The molecule has 0 fully saturated rings. The second kappa shape index (κ2) is 5.36. The zero-order valence-corrected chi connectivity index (χ0v) is 10.2. The lowest BCUT2D eigenvalue weighted by Gasteiger charge is -2.07. The summed E-state index contributed by atoms with van der Waals surface area (Å²) in [6.45, 7) is 0. The number of carboxylic acids is 1. The molecule has 2 aromatic carbocycles. The molecule has 0 spiro atoms. The number of fused-ring (bicyclic) bond motifs is 1. The van der Waals surface area contributed by atoms with Crippen molar-refractivity contribution in [2.75, 3.05) is 7.05 Å². The van der Waals surface area contributed by atoms with Crippen LogP contribution in [0.1, 0.15) is 5.56 Å². The van der Waals surface area contributed by atoms with Gasteiger partial charge in [0.1, 0.15) is 0 Å². The van der Waals surface area contributed by atoms with Gasteiger partial charge in [-0.3, -0.25) is 0 Å². The molecule has 0 unspecified atom stereocenters. The van der Waals surface area contributed by atoms with Gasteiger partial charge in [-0.2, -0.15) is 0 Å². The van der Waals surface area contributed by atoms with E-state index in [0.29, 0.717) is 12.1 Å². The highest BCUT2D eigenvalue weighted by atomic mass is 16.4. The second-order valence-electron chi connectivity index (χ2n) is 4.12. The van der Waals surface area contributed by atoms with E-state index in [0.717, 1.165) is 5.56 Å². The van der Waals surface area contributed by atoms with Crippen LogP contribution in [0.2, 0.25) is 0 Å². The lowest BCUT2D eigenvalue weighted by atomic mass is 10.0. The number of hydrogen-bond donors (Lipinski definition) is 2. The smallest absolute Gasteiger partial charge is 0.330 e. The first kappa shape index (κ1) is 12.2. The largest absolute Gasteiger partial charge is 0.478 e. The summed E-state index contributed by atoms with van der Waals surface area (Å²) in [6.07, 6.45) is 1.79. The van der Waals surface area contributed by atoms with E-state index >= 15 is 0 Å². The topological polar surface area (TPSA) is 49.3 Å². The molecule has 0 atom stereocenters. The number of aliphatic carboxylic acids is 1. The minimum Gasteiger partial charge on any atom is -0.478 e. The summed E-state index contributed by atoms with van der Waals surface area (Å²) < 4.78 is 0. The molecule has 3 heteroatoms. The third-order valence-electron chi connectivity index (χ3n) is 2.83. The zero-order valence-electron chi connectivity index (χ0n) is 10.2. The molecule has 2 rings (SSSR count). The summed E-state index contributed by atoms with van der Waals surface area (Å²) >= 11 is 0. The molecule has 92 valence electrons. The number of benzene rings is 2. The third-order valence-corrected chi connectivity index (χ3v) is 2.83. The van der Waals surface area contributed by atoms with Gasteiger partial charge < -0.3 is 10.4 Å². The number of nitrogens with one attached hydrogen (secondary N) is 1. The highest BCUT2D eigenvalue weighted by Crippen LogP contribution is 2.17. The van der Waals surface area contributed by atoms with Crippen LogP contribution in [0.15, 0.2) is 54.2 Å². The van der Waals surface area contributed by atoms with Gasteiger partial charge in [-0.1, -0.05) is 42.5 Å². The molecule has 0 heterocycles. The highest BCUT2D eigenvalue weighted by Gasteiger charge is 2.01. The molecule has 18 heavy (non-hydrogen) atoms. The maximum atomic E-state index is 10.7. The molecular weight excluding hydrogens is 226 g/mol. The van der Waals surface area contributed by atoms with Crippen LogP contribution in [0, 0.1) is 0 Å². The molecule has 0 aromatic heterocycles. The van der Waals surface area contributed by atoms with Gasteiger partial charge in [0.2, 0.25) is 0 Å². The summed E-state index contributed by atoms with van der Waals surface area (Å²) in [4.78, 5) is 10.7. The first-order valence-corrected chi connectivity index (χ1v) is 5.78.